The first-order valence-corrected chi connectivity index (χ1v) is 9.10. The predicted octanol–water partition coefficient (Wildman–Crippen LogP) is 3.04. The van der Waals surface area contributed by atoms with Crippen molar-refractivity contribution in [3.8, 4) is 0 Å². The Labute approximate surface area is 166 Å². The van der Waals surface area contributed by atoms with Crippen molar-refractivity contribution in [3.63, 3.8) is 0 Å². The molecule has 0 saturated carbocycles. The van der Waals surface area contributed by atoms with Gasteiger partial charge in [0.15, 0.2) is 0 Å². The number of piperidine rings is 1. The van der Waals surface area contributed by atoms with Gasteiger partial charge in [-0.25, -0.2) is 0 Å². The van der Waals surface area contributed by atoms with E-state index in [-0.39, 0.29) is 30.3 Å². The number of hydrogen-bond acceptors (Lipinski definition) is 3. The maximum Gasteiger partial charge on any atom is 0.251 e. The van der Waals surface area contributed by atoms with Crippen LogP contribution in [0, 0.1) is 0 Å². The topological polar surface area (TPSA) is 75.4 Å². The third kappa shape index (κ3) is 6.00. The maximum atomic E-state index is 12.4. The Balaban J connectivity index is 0.00000261. The zero-order valence-electron chi connectivity index (χ0n) is 15.3. The van der Waals surface area contributed by atoms with Crippen LogP contribution in [0.4, 0.5) is 5.69 Å². The van der Waals surface area contributed by atoms with E-state index in [1.165, 1.54) is 5.56 Å². The number of benzene rings is 2. The van der Waals surface area contributed by atoms with Gasteiger partial charge in [-0.2, -0.15) is 0 Å². The number of aryl methyl sites for hydroxylation is 1. The minimum Gasteiger partial charge on any atom is -0.399 e. The summed E-state index contributed by atoms with van der Waals surface area (Å²) in [5, 5.41) is 3.05. The summed E-state index contributed by atoms with van der Waals surface area (Å²) >= 11 is 0. The smallest absolute Gasteiger partial charge is 0.251 e. The second-order valence-corrected chi connectivity index (χ2v) is 6.74. The third-order valence-electron chi connectivity index (χ3n) is 4.83. The average Bonchev–Trinajstić information content (AvgIpc) is 2.68. The molecule has 1 saturated heterocycles. The zero-order valence-corrected chi connectivity index (χ0v) is 16.1. The summed E-state index contributed by atoms with van der Waals surface area (Å²) in [5.74, 6) is 0.107. The van der Waals surface area contributed by atoms with Crippen molar-refractivity contribution in [2.45, 2.75) is 31.7 Å². The highest BCUT2D eigenvalue weighted by atomic mass is 35.5. The van der Waals surface area contributed by atoms with Crippen molar-refractivity contribution >= 4 is 29.9 Å². The molecule has 0 atom stereocenters. The molecule has 2 aromatic carbocycles. The Morgan fingerprint density at radius 1 is 1.00 bits per heavy atom. The SMILES string of the molecule is Cl.Nc1ccc(C(=O)NC2CCN(C(=O)CCc3ccccc3)CC2)cc1. The lowest BCUT2D eigenvalue weighted by Crippen LogP contribution is -2.46. The molecule has 0 aliphatic carbocycles. The molecule has 1 aliphatic heterocycles. The molecular weight excluding hydrogens is 362 g/mol. The lowest BCUT2D eigenvalue weighted by molar-refractivity contribution is -0.132. The van der Waals surface area contributed by atoms with Crippen molar-refractivity contribution in [2.75, 3.05) is 18.8 Å². The molecule has 0 radical (unpaired) electrons. The van der Waals surface area contributed by atoms with E-state index in [1.54, 1.807) is 24.3 Å². The van der Waals surface area contributed by atoms with Crippen LogP contribution in [-0.2, 0) is 11.2 Å². The van der Waals surface area contributed by atoms with Crippen LogP contribution in [0.3, 0.4) is 0 Å². The van der Waals surface area contributed by atoms with Crippen LogP contribution >= 0.6 is 12.4 Å². The minimum absolute atomic E-state index is 0. The highest BCUT2D eigenvalue weighted by molar-refractivity contribution is 5.94. The molecule has 144 valence electrons. The molecule has 2 aromatic rings. The summed E-state index contributed by atoms with van der Waals surface area (Å²) in [7, 11) is 0. The van der Waals surface area contributed by atoms with Crippen LogP contribution in [0.2, 0.25) is 0 Å². The van der Waals surface area contributed by atoms with Crippen molar-refractivity contribution in [1.29, 1.82) is 0 Å². The number of nitrogen functional groups attached to an aromatic ring is 1. The van der Waals surface area contributed by atoms with E-state index in [0.717, 1.165) is 19.3 Å². The lowest BCUT2D eigenvalue weighted by atomic mass is 10.0. The molecule has 1 heterocycles. The fourth-order valence-corrected chi connectivity index (χ4v) is 3.23. The number of carbonyl (C=O) groups excluding carboxylic acids is 2. The predicted molar refractivity (Wildman–Crippen MR) is 110 cm³/mol. The first kappa shape index (κ1) is 20.8. The van der Waals surface area contributed by atoms with Crippen LogP contribution < -0.4 is 11.1 Å². The number of nitrogens with two attached hydrogens (primary N) is 1. The van der Waals surface area contributed by atoms with Gasteiger partial charge in [0.1, 0.15) is 0 Å². The summed E-state index contributed by atoms with van der Waals surface area (Å²) in [4.78, 5) is 26.6. The van der Waals surface area contributed by atoms with Crippen molar-refractivity contribution in [2.24, 2.45) is 0 Å². The van der Waals surface area contributed by atoms with E-state index in [0.29, 0.717) is 30.8 Å². The molecule has 2 amide bonds. The molecular formula is C21H26ClN3O2. The maximum absolute atomic E-state index is 12.4. The first-order valence-electron chi connectivity index (χ1n) is 9.10. The zero-order chi connectivity index (χ0) is 18.4. The quantitative estimate of drug-likeness (QED) is 0.774. The second kappa shape index (κ2) is 9.97. The molecule has 3 N–H and O–H groups in total. The summed E-state index contributed by atoms with van der Waals surface area (Å²) in [6.07, 6.45) is 2.88. The number of carbonyl (C=O) groups is 2. The highest BCUT2D eigenvalue weighted by Crippen LogP contribution is 2.14. The van der Waals surface area contributed by atoms with Crippen LogP contribution in [0.25, 0.3) is 0 Å². The molecule has 1 fully saturated rings. The Hall–Kier alpha value is -2.53. The largest absolute Gasteiger partial charge is 0.399 e. The van der Waals surface area contributed by atoms with E-state index in [1.807, 2.05) is 35.2 Å². The number of halogens is 1. The number of nitrogens with one attached hydrogen (secondary N) is 1. The van der Waals surface area contributed by atoms with E-state index in [2.05, 4.69) is 5.32 Å². The number of amides is 2. The van der Waals surface area contributed by atoms with Gasteiger partial charge < -0.3 is 16.0 Å². The second-order valence-electron chi connectivity index (χ2n) is 6.74. The molecule has 0 spiro atoms. The lowest BCUT2D eigenvalue weighted by Gasteiger charge is -2.32. The van der Waals surface area contributed by atoms with Crippen molar-refractivity contribution < 1.29 is 9.59 Å². The van der Waals surface area contributed by atoms with Gasteiger partial charge in [-0.1, -0.05) is 30.3 Å². The monoisotopic (exact) mass is 387 g/mol. The molecule has 0 bridgehead atoms. The van der Waals surface area contributed by atoms with E-state index < -0.39 is 0 Å². The van der Waals surface area contributed by atoms with Gasteiger partial charge >= 0.3 is 0 Å². The van der Waals surface area contributed by atoms with Crippen LogP contribution in [0.15, 0.2) is 54.6 Å². The molecule has 27 heavy (non-hydrogen) atoms. The van der Waals surface area contributed by atoms with Crippen LogP contribution in [0.5, 0.6) is 0 Å². The van der Waals surface area contributed by atoms with Gasteiger partial charge in [0, 0.05) is 36.8 Å². The third-order valence-corrected chi connectivity index (χ3v) is 4.83. The number of anilines is 1. The Bertz CT molecular complexity index is 742. The number of hydrogen-bond donors (Lipinski definition) is 2. The van der Waals surface area contributed by atoms with Crippen LogP contribution in [0.1, 0.15) is 35.2 Å². The Morgan fingerprint density at radius 2 is 1.63 bits per heavy atom. The molecule has 0 unspecified atom stereocenters. The summed E-state index contributed by atoms with van der Waals surface area (Å²) in [6, 6.07) is 17.1. The normalized spacial score (nSPS) is 14.3. The average molecular weight is 388 g/mol. The first-order chi connectivity index (χ1) is 12.6. The van der Waals surface area contributed by atoms with Gasteiger partial charge in [-0.15, -0.1) is 12.4 Å². The number of rotatable bonds is 5. The number of likely N-dealkylation sites (tertiary alicyclic amines) is 1. The van der Waals surface area contributed by atoms with Gasteiger partial charge in [0.05, 0.1) is 0 Å². The Kier molecular flexibility index (Phi) is 7.67. The van der Waals surface area contributed by atoms with Crippen molar-refractivity contribution in [3.05, 3.63) is 65.7 Å². The molecule has 5 nitrogen and oxygen atoms in total. The fraction of sp³-hybridized carbons (Fsp3) is 0.333. The molecule has 3 rings (SSSR count). The van der Waals surface area contributed by atoms with Gasteiger partial charge in [-0.3, -0.25) is 9.59 Å². The van der Waals surface area contributed by atoms with Gasteiger partial charge in [0.2, 0.25) is 5.91 Å². The molecule has 0 aromatic heterocycles. The van der Waals surface area contributed by atoms with E-state index in [9.17, 15) is 9.59 Å². The minimum atomic E-state index is -0.0844. The van der Waals surface area contributed by atoms with E-state index in [4.69, 9.17) is 5.73 Å². The Morgan fingerprint density at radius 3 is 2.26 bits per heavy atom. The van der Waals surface area contributed by atoms with Gasteiger partial charge in [-0.05, 0) is 49.1 Å². The number of nitrogens with zero attached hydrogens (tertiary/aromatic N) is 1. The summed E-state index contributed by atoms with van der Waals surface area (Å²) in [6.45, 7) is 1.39. The molecule has 6 heteroatoms. The summed E-state index contributed by atoms with van der Waals surface area (Å²) < 4.78 is 0. The van der Waals surface area contributed by atoms with Crippen LogP contribution in [-0.4, -0.2) is 35.8 Å². The van der Waals surface area contributed by atoms with Gasteiger partial charge in [0.25, 0.3) is 5.91 Å². The highest BCUT2D eigenvalue weighted by Gasteiger charge is 2.23. The van der Waals surface area contributed by atoms with E-state index >= 15 is 0 Å². The fourth-order valence-electron chi connectivity index (χ4n) is 3.23. The van der Waals surface area contributed by atoms with Crippen molar-refractivity contribution in [1.82, 2.24) is 10.2 Å². The summed E-state index contributed by atoms with van der Waals surface area (Å²) in [5.41, 5.74) is 8.09. The molecule has 1 aliphatic rings. The standard InChI is InChI=1S/C21H25N3O2.ClH/c22-18-9-7-17(8-10-18)21(26)23-19-12-14-24(15-13-19)20(25)11-6-16-4-2-1-3-5-16;/h1-5,7-10,19H,6,11-15,22H2,(H,23,26);1H.